The standard InChI is InChI=1S/C40H38N2O10/c1-24(30(28-15-16-34-35(18-28)51-23-50-34)9-6-12-36-41-32-10-4-5-11-33(32)52-36)42(22-25-13-14-26-7-2-3-8-27(26)17-25)37(43)21-31(40(48)49)29(19-38(44)45)20-39(46)47/h2-8,10-18,24,29-31H,9,19-23H2,1H3,(H,44,45)(H,46,47)(H,48,49). The third-order valence-electron chi connectivity index (χ3n) is 9.50. The zero-order valence-corrected chi connectivity index (χ0v) is 28.4. The van der Waals surface area contributed by atoms with Crippen molar-refractivity contribution in [2.45, 2.75) is 51.1 Å². The summed E-state index contributed by atoms with van der Waals surface area (Å²) in [5.41, 5.74) is 2.99. The maximum atomic E-state index is 14.4. The smallest absolute Gasteiger partial charge is 0.307 e. The molecule has 268 valence electrons. The van der Waals surface area contributed by atoms with Crippen LogP contribution in [0.15, 0.2) is 95.4 Å². The van der Waals surface area contributed by atoms with E-state index < -0.39 is 61.0 Å². The molecule has 1 aliphatic heterocycles. The molecule has 6 rings (SSSR count). The molecule has 0 spiro atoms. The zero-order chi connectivity index (χ0) is 36.8. The van der Waals surface area contributed by atoms with Crippen LogP contribution in [-0.4, -0.2) is 61.9 Å². The Morgan fingerprint density at radius 1 is 0.827 bits per heavy atom. The largest absolute Gasteiger partial charge is 0.481 e. The third-order valence-corrected chi connectivity index (χ3v) is 9.50. The summed E-state index contributed by atoms with van der Waals surface area (Å²) in [7, 11) is 0. The van der Waals surface area contributed by atoms with E-state index in [1.165, 1.54) is 0 Å². The molecule has 1 aromatic heterocycles. The van der Waals surface area contributed by atoms with Crippen molar-refractivity contribution in [2.75, 3.05) is 6.79 Å². The Morgan fingerprint density at radius 3 is 2.27 bits per heavy atom. The zero-order valence-electron chi connectivity index (χ0n) is 28.4. The van der Waals surface area contributed by atoms with Crippen LogP contribution in [0.4, 0.5) is 0 Å². The van der Waals surface area contributed by atoms with Gasteiger partial charge in [-0.25, -0.2) is 4.98 Å². The number of carbonyl (C=O) groups is 4. The van der Waals surface area contributed by atoms with E-state index in [9.17, 15) is 34.5 Å². The number of hydrogen-bond acceptors (Lipinski definition) is 8. The van der Waals surface area contributed by atoms with E-state index in [1.54, 1.807) is 17.0 Å². The van der Waals surface area contributed by atoms with Gasteiger partial charge in [0.2, 0.25) is 18.6 Å². The molecular weight excluding hydrogens is 668 g/mol. The summed E-state index contributed by atoms with van der Waals surface area (Å²) < 4.78 is 17.1. The van der Waals surface area contributed by atoms with Crippen LogP contribution < -0.4 is 9.47 Å². The highest BCUT2D eigenvalue weighted by Crippen LogP contribution is 2.38. The Hall–Kier alpha value is -6.17. The number of fused-ring (bicyclic) bond motifs is 3. The van der Waals surface area contributed by atoms with Gasteiger partial charge in [-0.2, -0.15) is 0 Å². The first-order chi connectivity index (χ1) is 25.0. The van der Waals surface area contributed by atoms with E-state index in [2.05, 4.69) is 4.98 Å². The first-order valence-electron chi connectivity index (χ1n) is 16.9. The van der Waals surface area contributed by atoms with Crippen LogP contribution in [0.2, 0.25) is 0 Å². The van der Waals surface area contributed by atoms with Crippen LogP contribution in [-0.2, 0) is 25.7 Å². The Kier molecular flexibility index (Phi) is 10.8. The van der Waals surface area contributed by atoms with Gasteiger partial charge in [0, 0.05) is 37.8 Å². The van der Waals surface area contributed by atoms with Gasteiger partial charge in [0.05, 0.1) is 5.92 Å². The number of benzene rings is 4. The number of nitrogens with zero attached hydrogens (tertiary/aromatic N) is 2. The Bertz CT molecular complexity index is 2090. The lowest BCUT2D eigenvalue weighted by molar-refractivity contribution is -0.152. The maximum absolute atomic E-state index is 14.4. The molecule has 0 saturated heterocycles. The fourth-order valence-electron chi connectivity index (χ4n) is 6.81. The molecular formula is C40H38N2O10. The van der Waals surface area contributed by atoms with Crippen molar-refractivity contribution in [3.8, 4) is 11.5 Å². The summed E-state index contributed by atoms with van der Waals surface area (Å²) in [6, 6.07) is 26.0. The van der Waals surface area contributed by atoms with Gasteiger partial charge in [0.15, 0.2) is 17.1 Å². The second-order valence-electron chi connectivity index (χ2n) is 12.9. The topological polar surface area (TPSA) is 177 Å². The minimum atomic E-state index is -1.55. The second-order valence-corrected chi connectivity index (χ2v) is 12.9. The number of aromatic nitrogens is 1. The van der Waals surface area contributed by atoms with Crippen molar-refractivity contribution in [3.05, 3.63) is 108 Å². The van der Waals surface area contributed by atoms with Gasteiger partial charge in [-0.1, -0.05) is 60.7 Å². The lowest BCUT2D eigenvalue weighted by Gasteiger charge is -2.36. The van der Waals surface area contributed by atoms with Crippen molar-refractivity contribution in [3.63, 3.8) is 0 Å². The van der Waals surface area contributed by atoms with Crippen LogP contribution in [0, 0.1) is 11.8 Å². The summed E-state index contributed by atoms with van der Waals surface area (Å²) in [4.78, 5) is 56.4. The predicted molar refractivity (Wildman–Crippen MR) is 191 cm³/mol. The van der Waals surface area contributed by atoms with Gasteiger partial charge in [-0.15, -0.1) is 0 Å². The van der Waals surface area contributed by atoms with Gasteiger partial charge in [-0.3, -0.25) is 19.2 Å². The van der Waals surface area contributed by atoms with Crippen LogP contribution in [0.5, 0.6) is 11.5 Å². The van der Waals surface area contributed by atoms with Gasteiger partial charge < -0.3 is 34.1 Å². The van der Waals surface area contributed by atoms with E-state index in [-0.39, 0.29) is 19.3 Å². The highest BCUT2D eigenvalue weighted by molar-refractivity contribution is 5.85. The van der Waals surface area contributed by atoms with Crippen molar-refractivity contribution in [1.29, 1.82) is 0 Å². The molecule has 12 nitrogen and oxygen atoms in total. The molecule has 12 heteroatoms. The number of ether oxygens (including phenoxy) is 2. The molecule has 0 bridgehead atoms. The van der Waals surface area contributed by atoms with Crippen LogP contribution in [0.1, 0.15) is 55.5 Å². The van der Waals surface area contributed by atoms with E-state index in [1.807, 2.05) is 91.9 Å². The minimum Gasteiger partial charge on any atom is -0.481 e. The SMILES string of the molecule is CC(C(CC=Cc1nc2ccccc2o1)c1ccc2c(c1)OCO2)N(Cc1ccc2ccccc2c1)C(=O)CC(C(=O)O)C(CC(=O)O)CC(=O)O. The van der Waals surface area contributed by atoms with Gasteiger partial charge in [0.1, 0.15) is 5.52 Å². The van der Waals surface area contributed by atoms with E-state index in [4.69, 9.17) is 13.9 Å². The summed E-state index contributed by atoms with van der Waals surface area (Å²) in [5.74, 6) is -6.34. The fourth-order valence-corrected chi connectivity index (χ4v) is 6.81. The first kappa shape index (κ1) is 35.6. The van der Waals surface area contributed by atoms with E-state index >= 15 is 0 Å². The third kappa shape index (κ3) is 8.40. The van der Waals surface area contributed by atoms with Crippen LogP contribution in [0.3, 0.4) is 0 Å². The number of amides is 1. The van der Waals surface area contributed by atoms with Gasteiger partial charge in [0.25, 0.3) is 0 Å². The van der Waals surface area contributed by atoms with E-state index in [0.29, 0.717) is 34.9 Å². The summed E-state index contributed by atoms with van der Waals surface area (Å²) in [6.07, 6.45) is 2.07. The average molecular weight is 707 g/mol. The van der Waals surface area contributed by atoms with Crippen LogP contribution in [0.25, 0.3) is 27.9 Å². The van der Waals surface area contributed by atoms with Crippen molar-refractivity contribution in [1.82, 2.24) is 9.88 Å². The van der Waals surface area contributed by atoms with E-state index in [0.717, 1.165) is 21.9 Å². The van der Waals surface area contributed by atoms with Crippen molar-refractivity contribution in [2.24, 2.45) is 11.8 Å². The monoisotopic (exact) mass is 706 g/mol. The summed E-state index contributed by atoms with van der Waals surface area (Å²) in [5, 5.41) is 31.2. The minimum absolute atomic E-state index is 0.0770. The number of hydrogen-bond donors (Lipinski definition) is 3. The number of carboxylic acids is 3. The highest BCUT2D eigenvalue weighted by atomic mass is 16.7. The number of para-hydroxylation sites is 2. The maximum Gasteiger partial charge on any atom is 0.307 e. The number of rotatable bonds is 16. The molecule has 0 aliphatic carbocycles. The molecule has 1 aliphatic rings. The average Bonchev–Trinajstić information content (AvgIpc) is 3.76. The molecule has 3 N–H and O–H groups in total. The molecule has 4 aromatic carbocycles. The van der Waals surface area contributed by atoms with Crippen molar-refractivity contribution >= 4 is 51.8 Å². The lowest BCUT2D eigenvalue weighted by Crippen LogP contribution is -2.43. The number of aliphatic carboxylic acids is 3. The molecule has 0 saturated carbocycles. The van der Waals surface area contributed by atoms with Gasteiger partial charge >= 0.3 is 17.9 Å². The molecule has 3 unspecified atom stereocenters. The summed E-state index contributed by atoms with van der Waals surface area (Å²) in [6.45, 7) is 2.06. The number of carboxylic acid groups (broad SMARTS) is 3. The number of oxazole rings is 1. The molecule has 2 heterocycles. The van der Waals surface area contributed by atoms with Gasteiger partial charge in [-0.05, 0) is 77.6 Å². The molecule has 0 radical (unpaired) electrons. The second kappa shape index (κ2) is 15.8. The normalized spacial score (nSPS) is 14.1. The Balaban J connectivity index is 1.37. The Labute approximate surface area is 298 Å². The molecule has 5 aromatic rings. The van der Waals surface area contributed by atoms with Crippen LogP contribution >= 0.6 is 0 Å². The predicted octanol–water partition coefficient (Wildman–Crippen LogP) is 6.97. The molecule has 1 amide bonds. The summed E-state index contributed by atoms with van der Waals surface area (Å²) >= 11 is 0. The molecule has 52 heavy (non-hydrogen) atoms. The lowest BCUT2D eigenvalue weighted by atomic mass is 9.83. The quantitative estimate of drug-likeness (QED) is 0.0966. The first-order valence-corrected chi connectivity index (χ1v) is 16.9. The molecule has 3 atom stereocenters. The van der Waals surface area contributed by atoms with Crippen molar-refractivity contribution < 1.29 is 48.4 Å². The highest BCUT2D eigenvalue weighted by Gasteiger charge is 2.37. The number of allylic oxidation sites excluding steroid dienone is 1. The molecule has 0 fully saturated rings. The Morgan fingerprint density at radius 2 is 1.54 bits per heavy atom. The fraction of sp³-hybridized carbons (Fsp3) is 0.275. The number of carbonyl (C=O) groups excluding carboxylic acids is 1.